The number of aryl methyl sites for hydroxylation is 1. The number of hydrogen-bond donors (Lipinski definition) is 1. The highest BCUT2D eigenvalue weighted by Gasteiger charge is 2.03. The number of rotatable bonds is 5. The lowest BCUT2D eigenvalue weighted by atomic mass is 10.5. The summed E-state index contributed by atoms with van der Waals surface area (Å²) in [5.74, 6) is 0.848. The van der Waals surface area contributed by atoms with Crippen molar-refractivity contribution in [2.75, 3.05) is 18.6 Å². The minimum atomic E-state index is -0.286. The predicted molar refractivity (Wildman–Crippen MR) is 62.4 cm³/mol. The van der Waals surface area contributed by atoms with Crippen molar-refractivity contribution in [3.05, 3.63) is 33.1 Å². The van der Waals surface area contributed by atoms with Crippen LogP contribution in [0.5, 0.6) is 0 Å². The molecule has 0 spiro atoms. The van der Waals surface area contributed by atoms with Crippen molar-refractivity contribution in [2.45, 2.75) is 13.1 Å². The molecule has 0 saturated heterocycles. The summed E-state index contributed by atoms with van der Waals surface area (Å²) < 4.78 is 2.70. The molecule has 15 heavy (non-hydrogen) atoms. The van der Waals surface area contributed by atoms with Crippen LogP contribution in [0.3, 0.4) is 0 Å². The van der Waals surface area contributed by atoms with E-state index in [0.29, 0.717) is 13.1 Å². The van der Waals surface area contributed by atoms with Crippen molar-refractivity contribution in [2.24, 2.45) is 5.73 Å². The maximum atomic E-state index is 11.7. The third kappa shape index (κ3) is 2.97. The van der Waals surface area contributed by atoms with E-state index < -0.39 is 0 Å². The molecule has 0 amide bonds. The summed E-state index contributed by atoms with van der Waals surface area (Å²) in [6.45, 7) is 1.18. The van der Waals surface area contributed by atoms with Crippen molar-refractivity contribution < 1.29 is 0 Å². The molecular weight excluding hydrogens is 214 g/mol. The van der Waals surface area contributed by atoms with Gasteiger partial charge in [-0.1, -0.05) is 0 Å². The Kier molecular flexibility index (Phi) is 4.64. The minimum absolute atomic E-state index is 0.276. The number of nitrogens with two attached hydrogens (primary N) is 1. The molecule has 0 aliphatic rings. The topological polar surface area (TPSA) is 70.0 Å². The van der Waals surface area contributed by atoms with Gasteiger partial charge in [-0.25, -0.2) is 4.79 Å². The van der Waals surface area contributed by atoms with Crippen molar-refractivity contribution >= 4 is 11.8 Å². The zero-order valence-electron chi connectivity index (χ0n) is 8.68. The molecule has 0 fully saturated rings. The molecule has 1 heterocycles. The smallest absolute Gasteiger partial charge is 0.329 e. The first kappa shape index (κ1) is 12.1. The van der Waals surface area contributed by atoms with E-state index in [-0.39, 0.29) is 17.8 Å². The minimum Gasteiger partial charge on any atom is -0.329 e. The first-order valence-corrected chi connectivity index (χ1v) is 6.09. The Morgan fingerprint density at radius 2 is 2.13 bits per heavy atom. The van der Waals surface area contributed by atoms with Gasteiger partial charge in [-0.2, -0.15) is 11.8 Å². The summed E-state index contributed by atoms with van der Waals surface area (Å²) >= 11 is 1.66. The number of nitrogens with zero attached hydrogens (tertiary/aromatic N) is 2. The van der Waals surface area contributed by atoms with Crippen LogP contribution in [0.1, 0.15) is 0 Å². The molecule has 0 aliphatic heterocycles. The third-order valence-electron chi connectivity index (χ3n) is 2.03. The molecule has 0 radical (unpaired) electrons. The zero-order valence-corrected chi connectivity index (χ0v) is 9.50. The molecule has 0 unspecified atom stereocenters. The van der Waals surface area contributed by atoms with E-state index in [1.807, 2.05) is 6.26 Å². The Balaban J connectivity index is 3.05. The van der Waals surface area contributed by atoms with Crippen LogP contribution < -0.4 is 17.0 Å². The normalized spacial score (nSPS) is 10.5. The van der Waals surface area contributed by atoms with Crippen LogP contribution in [0, 0.1) is 0 Å². The summed E-state index contributed by atoms with van der Waals surface area (Å²) in [6, 6.07) is 1.40. The lowest BCUT2D eigenvalue weighted by Gasteiger charge is -2.07. The van der Waals surface area contributed by atoms with Gasteiger partial charge in [-0.05, 0) is 6.26 Å². The highest BCUT2D eigenvalue weighted by molar-refractivity contribution is 7.98. The molecular formula is C9H15N3O2S. The van der Waals surface area contributed by atoms with Gasteiger partial charge in [0.2, 0.25) is 0 Å². The number of aromatic nitrogens is 2. The molecule has 5 nitrogen and oxygen atoms in total. The standard InChI is InChI=1S/C9H15N3O2S/c1-15-7-6-11-4-2-8(13)12(5-3-10)9(11)14/h2,4H,3,5-7,10H2,1H3. The van der Waals surface area contributed by atoms with Crippen LogP contribution in [-0.2, 0) is 13.1 Å². The van der Waals surface area contributed by atoms with Gasteiger partial charge < -0.3 is 5.73 Å². The molecule has 1 aromatic rings. The quantitative estimate of drug-likeness (QED) is 0.727. The Morgan fingerprint density at radius 3 is 2.73 bits per heavy atom. The molecule has 1 rings (SSSR count). The lowest BCUT2D eigenvalue weighted by Crippen LogP contribution is -2.40. The predicted octanol–water partition coefficient (Wildman–Crippen LogP) is -0.668. The van der Waals surface area contributed by atoms with E-state index in [9.17, 15) is 9.59 Å². The van der Waals surface area contributed by atoms with E-state index in [1.54, 1.807) is 11.8 Å². The Hall–Kier alpha value is -1.01. The molecule has 0 aromatic carbocycles. The molecule has 1 aromatic heterocycles. The fourth-order valence-electron chi connectivity index (χ4n) is 1.25. The molecule has 6 heteroatoms. The summed E-state index contributed by atoms with van der Waals surface area (Å²) in [5.41, 5.74) is 4.77. The van der Waals surface area contributed by atoms with E-state index in [2.05, 4.69) is 0 Å². The monoisotopic (exact) mass is 229 g/mol. The maximum absolute atomic E-state index is 11.7. The maximum Gasteiger partial charge on any atom is 0.331 e. The molecule has 0 atom stereocenters. The lowest BCUT2D eigenvalue weighted by molar-refractivity contribution is 0.573. The second kappa shape index (κ2) is 5.77. The van der Waals surface area contributed by atoms with Crippen molar-refractivity contribution in [1.82, 2.24) is 9.13 Å². The summed E-state index contributed by atoms with van der Waals surface area (Å²) in [4.78, 5) is 23.1. The van der Waals surface area contributed by atoms with Crippen molar-refractivity contribution in [3.8, 4) is 0 Å². The molecule has 2 N–H and O–H groups in total. The second-order valence-corrected chi connectivity index (χ2v) is 4.05. The van der Waals surface area contributed by atoms with Gasteiger partial charge in [0.25, 0.3) is 5.56 Å². The number of thioether (sulfide) groups is 1. The van der Waals surface area contributed by atoms with Gasteiger partial charge in [0, 0.05) is 37.7 Å². The fourth-order valence-corrected chi connectivity index (χ4v) is 1.63. The van der Waals surface area contributed by atoms with Gasteiger partial charge in [0.1, 0.15) is 0 Å². The van der Waals surface area contributed by atoms with Crippen LogP contribution in [0.15, 0.2) is 21.9 Å². The van der Waals surface area contributed by atoms with E-state index in [1.165, 1.54) is 21.4 Å². The first-order chi connectivity index (χ1) is 7.20. The fraction of sp³-hybridized carbons (Fsp3) is 0.556. The van der Waals surface area contributed by atoms with Gasteiger partial charge >= 0.3 is 5.69 Å². The Labute approximate surface area is 91.9 Å². The number of hydrogen-bond acceptors (Lipinski definition) is 4. The van der Waals surface area contributed by atoms with E-state index >= 15 is 0 Å². The van der Waals surface area contributed by atoms with Gasteiger partial charge in [-0.3, -0.25) is 13.9 Å². The van der Waals surface area contributed by atoms with Crippen molar-refractivity contribution in [1.29, 1.82) is 0 Å². The zero-order chi connectivity index (χ0) is 11.3. The van der Waals surface area contributed by atoms with Crippen LogP contribution in [0.4, 0.5) is 0 Å². The summed E-state index contributed by atoms with van der Waals surface area (Å²) in [7, 11) is 0. The van der Waals surface area contributed by atoms with Gasteiger partial charge in [0.05, 0.1) is 0 Å². The van der Waals surface area contributed by atoms with Gasteiger partial charge in [-0.15, -0.1) is 0 Å². The van der Waals surface area contributed by atoms with Crippen LogP contribution in [0.2, 0.25) is 0 Å². The Bertz CT molecular complexity index is 424. The average Bonchev–Trinajstić information content (AvgIpc) is 2.23. The summed E-state index contributed by atoms with van der Waals surface area (Å²) in [5, 5.41) is 0. The van der Waals surface area contributed by atoms with Crippen LogP contribution in [0.25, 0.3) is 0 Å². The van der Waals surface area contributed by atoms with Crippen molar-refractivity contribution in [3.63, 3.8) is 0 Å². The molecule has 0 bridgehead atoms. The molecule has 84 valence electrons. The molecule has 0 aliphatic carbocycles. The van der Waals surface area contributed by atoms with E-state index in [0.717, 1.165) is 5.75 Å². The highest BCUT2D eigenvalue weighted by Crippen LogP contribution is 1.91. The van der Waals surface area contributed by atoms with Gasteiger partial charge in [0.15, 0.2) is 0 Å². The Morgan fingerprint density at radius 1 is 1.40 bits per heavy atom. The second-order valence-electron chi connectivity index (χ2n) is 3.06. The van der Waals surface area contributed by atoms with Crippen LogP contribution >= 0.6 is 11.8 Å². The first-order valence-electron chi connectivity index (χ1n) is 4.70. The third-order valence-corrected chi connectivity index (χ3v) is 2.62. The van der Waals surface area contributed by atoms with Crippen LogP contribution in [-0.4, -0.2) is 27.7 Å². The average molecular weight is 229 g/mol. The SMILES string of the molecule is CSCCn1ccc(=O)n(CCN)c1=O. The van der Waals surface area contributed by atoms with E-state index in [4.69, 9.17) is 5.73 Å². The largest absolute Gasteiger partial charge is 0.331 e. The summed E-state index contributed by atoms with van der Waals surface area (Å²) in [6.07, 6.45) is 3.51. The molecule has 0 saturated carbocycles. The highest BCUT2D eigenvalue weighted by atomic mass is 32.2.